The zero-order valence-electron chi connectivity index (χ0n) is 19.1. The summed E-state index contributed by atoms with van der Waals surface area (Å²) in [6, 6.07) is 0. The van der Waals surface area contributed by atoms with Gasteiger partial charge in [0.2, 0.25) is 0 Å². The fourth-order valence-electron chi connectivity index (χ4n) is 2.91. The molecular formula is C14H16Ca3O18P2. The first-order valence-electron chi connectivity index (χ1n) is 8.44. The molecule has 0 saturated heterocycles. The summed E-state index contributed by atoms with van der Waals surface area (Å²) in [5.74, 6) is -16.2. The average molecular weight is 654 g/mol. The molecule has 0 radical (unpaired) electrons. The molecule has 0 rings (SSSR count). The van der Waals surface area contributed by atoms with E-state index in [4.69, 9.17) is 19.6 Å². The van der Waals surface area contributed by atoms with Gasteiger partial charge in [0.05, 0.1) is 47.1 Å². The van der Waals surface area contributed by atoms with E-state index >= 15 is 0 Å². The molecule has 18 nitrogen and oxygen atoms in total. The summed E-state index contributed by atoms with van der Waals surface area (Å²) in [7, 11) is -10.6. The first-order valence-corrected chi connectivity index (χ1v) is 11.8. The van der Waals surface area contributed by atoms with Crippen LogP contribution in [0.15, 0.2) is 0 Å². The van der Waals surface area contributed by atoms with Crippen molar-refractivity contribution in [1.82, 2.24) is 0 Å². The second-order valence-corrected chi connectivity index (χ2v) is 9.97. The Morgan fingerprint density at radius 2 is 0.676 bits per heavy atom. The van der Waals surface area contributed by atoms with Crippen LogP contribution in [0.5, 0.6) is 0 Å². The minimum atomic E-state index is -5.32. The Morgan fingerprint density at radius 1 is 0.541 bits per heavy atom. The third-order valence-corrected chi connectivity index (χ3v) is 7.65. The van der Waals surface area contributed by atoms with Crippen molar-refractivity contribution in [3.63, 3.8) is 0 Å². The van der Waals surface area contributed by atoms with Crippen LogP contribution in [0, 0.1) is 10.8 Å². The number of hydrogen-bond acceptors (Lipinski definition) is 14. The normalized spacial score (nSPS) is 12.9. The van der Waals surface area contributed by atoms with Crippen LogP contribution in [0.3, 0.4) is 0 Å². The first-order chi connectivity index (χ1) is 15.0. The molecule has 2 atom stereocenters. The van der Waals surface area contributed by atoms with Crippen molar-refractivity contribution in [3.8, 4) is 0 Å². The number of rotatable bonds is 12. The number of hydrogen-bond donors (Lipinski definition) is 4. The smallest absolute Gasteiger partial charge is 0.549 e. The summed E-state index contributed by atoms with van der Waals surface area (Å²) >= 11 is 0. The topological polar surface area (TPSA) is 356 Å². The minimum Gasteiger partial charge on any atom is -0.549 e. The van der Waals surface area contributed by atoms with Gasteiger partial charge in [-0.2, -0.15) is 0 Å². The van der Waals surface area contributed by atoms with Crippen LogP contribution >= 0.6 is 15.2 Å². The number of aliphatic carboxylic acids is 6. The molecule has 0 aliphatic heterocycles. The molecule has 0 aliphatic carbocycles. The van der Waals surface area contributed by atoms with Gasteiger partial charge in [0.1, 0.15) is 10.8 Å². The number of carbonyl (C=O) groups is 6. The quantitative estimate of drug-likeness (QED) is 0.0861. The van der Waals surface area contributed by atoms with Gasteiger partial charge in [-0.05, 0) is 12.8 Å². The molecule has 0 aromatic rings. The van der Waals surface area contributed by atoms with E-state index < -0.39 is 86.0 Å². The molecule has 0 aromatic heterocycles. The minimum absolute atomic E-state index is 0. The Morgan fingerprint density at radius 3 is 0.703 bits per heavy atom. The van der Waals surface area contributed by atoms with Gasteiger partial charge in [0.25, 0.3) is 0 Å². The molecule has 0 heterocycles. The second-order valence-electron chi connectivity index (χ2n) is 6.37. The predicted octanol–water partition coefficient (Wildman–Crippen LogP) is -10.8. The maximum atomic E-state index is 10.9. The molecule has 0 amide bonds. The number of carboxylic acid groups (broad SMARTS) is 6. The number of carbonyl (C=O) groups excluding carboxylic acids is 6. The molecule has 0 bridgehead atoms. The van der Waals surface area contributed by atoms with Gasteiger partial charge in [0, 0.05) is 0 Å². The Hall–Kier alpha value is 0.899. The molecule has 0 saturated carbocycles. The molecule has 0 aromatic carbocycles. The van der Waals surface area contributed by atoms with E-state index in [2.05, 4.69) is 0 Å². The van der Waals surface area contributed by atoms with E-state index in [-0.39, 0.29) is 113 Å². The maximum absolute atomic E-state index is 10.9. The van der Waals surface area contributed by atoms with Crippen molar-refractivity contribution in [2.45, 2.75) is 38.0 Å². The summed E-state index contributed by atoms with van der Waals surface area (Å²) in [5.41, 5.74) is -12.9. The Balaban J connectivity index is -0.000000171. The van der Waals surface area contributed by atoms with Crippen molar-refractivity contribution in [2.75, 3.05) is 0 Å². The summed E-state index contributed by atoms with van der Waals surface area (Å²) < 4.78 is 21.9. The summed E-state index contributed by atoms with van der Waals surface area (Å²) in [6.07, 6.45) is -1.47. The Labute approximate surface area is 297 Å². The Bertz CT molecular complexity index is 807. The van der Waals surface area contributed by atoms with E-state index in [1.807, 2.05) is 0 Å². The fourth-order valence-corrected chi connectivity index (χ4v) is 5.50. The molecule has 0 spiro atoms. The molecule has 2 unspecified atom stereocenters. The van der Waals surface area contributed by atoms with Gasteiger partial charge in [-0.25, -0.2) is 0 Å². The van der Waals surface area contributed by atoms with Crippen molar-refractivity contribution < 1.29 is 88.1 Å². The van der Waals surface area contributed by atoms with Crippen LogP contribution in [0.4, 0.5) is 0 Å². The van der Waals surface area contributed by atoms with E-state index in [0.717, 1.165) is 13.8 Å². The molecule has 4 N–H and O–H groups in total. The molecule has 0 aliphatic rings. The second kappa shape index (κ2) is 18.4. The summed E-state index contributed by atoms with van der Waals surface area (Å²) in [5, 5.41) is 63.9. The molecular weight excluding hydrogens is 638 g/mol. The fraction of sp³-hybridized carbons (Fsp3) is 0.571. The van der Waals surface area contributed by atoms with Crippen LogP contribution in [-0.2, 0) is 37.9 Å². The summed E-state index contributed by atoms with van der Waals surface area (Å²) in [6.45, 7) is 2.01. The Kier molecular flexibility index (Phi) is 23.7. The molecule has 37 heavy (non-hydrogen) atoms. The largest absolute Gasteiger partial charge is 2.00 e. The van der Waals surface area contributed by atoms with Gasteiger partial charge in [-0.15, -0.1) is 0 Å². The van der Waals surface area contributed by atoms with Crippen LogP contribution in [0.25, 0.3) is 0 Å². The van der Waals surface area contributed by atoms with Crippen molar-refractivity contribution in [3.05, 3.63) is 0 Å². The van der Waals surface area contributed by atoms with Crippen molar-refractivity contribution in [1.29, 1.82) is 0 Å². The third kappa shape index (κ3) is 10.7. The average Bonchev–Trinajstić information content (AvgIpc) is 2.59. The van der Waals surface area contributed by atoms with Gasteiger partial charge >= 0.3 is 128 Å². The molecule has 23 heteroatoms. The monoisotopic (exact) mass is 654 g/mol. The standard InChI is InChI=1S/2C7H11O9P.3Ca/c2*1-2-3(17(14,15)16)7(4(8)9,5(10)11)6(12)13;;;/h2*3H,2H2,1H3,(H,8,9)(H,10,11)(H,12,13)(H2,14,15,16);;;/q;;3*+2/p-6. The van der Waals surface area contributed by atoms with Gasteiger partial charge < -0.3 is 79.0 Å². The van der Waals surface area contributed by atoms with Gasteiger partial charge in [0.15, 0.2) is 0 Å². The molecule has 0 fully saturated rings. The van der Waals surface area contributed by atoms with E-state index in [1.165, 1.54) is 0 Å². The van der Waals surface area contributed by atoms with Gasteiger partial charge in [-0.3, -0.25) is 9.13 Å². The van der Waals surface area contributed by atoms with E-state index in [1.54, 1.807) is 0 Å². The molecule has 196 valence electrons. The van der Waals surface area contributed by atoms with Crippen LogP contribution in [-0.4, -0.2) is 180 Å². The van der Waals surface area contributed by atoms with Crippen LogP contribution in [0.2, 0.25) is 0 Å². The zero-order valence-corrected chi connectivity index (χ0v) is 27.5. The van der Waals surface area contributed by atoms with Crippen LogP contribution in [0.1, 0.15) is 26.7 Å². The third-order valence-electron chi connectivity index (χ3n) is 4.52. The maximum Gasteiger partial charge on any atom is 2.00 e. The number of carboxylic acids is 6. The predicted molar refractivity (Wildman–Crippen MR) is 104 cm³/mol. The van der Waals surface area contributed by atoms with E-state index in [9.17, 15) is 68.5 Å². The van der Waals surface area contributed by atoms with Gasteiger partial charge in [-0.1, -0.05) is 13.8 Å². The summed E-state index contributed by atoms with van der Waals surface area (Å²) in [4.78, 5) is 99.1. The van der Waals surface area contributed by atoms with Crippen molar-refractivity contribution >= 4 is 164 Å². The van der Waals surface area contributed by atoms with Crippen LogP contribution < -0.4 is 30.6 Å². The van der Waals surface area contributed by atoms with Crippen molar-refractivity contribution in [2.24, 2.45) is 10.8 Å². The SMILES string of the molecule is CCC(C(C(=O)[O-])(C(=O)[O-])C(=O)[O-])P(=O)(O)O.CCC(C(C(=O)[O-])(C(=O)[O-])C(=O)[O-])P(=O)(O)O.[Ca+2].[Ca+2].[Ca+2]. The first kappa shape index (κ1) is 47.7. The van der Waals surface area contributed by atoms with E-state index in [0.29, 0.717) is 0 Å². The zero-order chi connectivity index (χ0) is 28.0.